The van der Waals surface area contributed by atoms with Crippen molar-refractivity contribution >= 4 is 11.9 Å². The van der Waals surface area contributed by atoms with Gasteiger partial charge < -0.3 is 34.2 Å². The maximum absolute atomic E-state index is 11.7. The Morgan fingerprint density at radius 3 is 1.79 bits per heavy atom. The highest BCUT2D eigenvalue weighted by Crippen LogP contribution is 2.07. The Kier molecular flexibility index (Phi) is 13.2. The second-order valence-corrected chi connectivity index (χ2v) is 8.06. The summed E-state index contributed by atoms with van der Waals surface area (Å²) in [5.41, 5.74) is 4.81. The molecule has 166 valence electrons. The van der Waals surface area contributed by atoms with Gasteiger partial charge in [0.1, 0.15) is 24.9 Å². The van der Waals surface area contributed by atoms with E-state index in [1.165, 1.54) is 0 Å². The van der Waals surface area contributed by atoms with Gasteiger partial charge in [-0.05, 0) is 41.5 Å². The van der Waals surface area contributed by atoms with Crippen LogP contribution in [0.5, 0.6) is 0 Å². The number of carbonyl (C=O) groups is 2. The quantitative estimate of drug-likeness (QED) is 0.333. The molecule has 0 radical (unpaired) electrons. The van der Waals surface area contributed by atoms with Gasteiger partial charge in [-0.25, -0.2) is 4.79 Å². The fourth-order valence-electron chi connectivity index (χ4n) is 1.68. The van der Waals surface area contributed by atoms with E-state index in [1.54, 1.807) is 20.8 Å². The van der Waals surface area contributed by atoms with Crippen molar-refractivity contribution in [1.82, 2.24) is 0 Å². The highest BCUT2D eigenvalue weighted by molar-refractivity contribution is 5.75. The van der Waals surface area contributed by atoms with E-state index < -0.39 is 23.6 Å². The summed E-state index contributed by atoms with van der Waals surface area (Å²) in [5, 5.41) is 0. The van der Waals surface area contributed by atoms with Gasteiger partial charge in [-0.3, -0.25) is 4.79 Å². The van der Waals surface area contributed by atoms with Gasteiger partial charge in [0.2, 0.25) is 0 Å². The SMILES string of the molecule is CC(C)(C)OC[C@H](N)C(=O)OCCOCCOCCOCC(=O)OC(C)(C)C. The van der Waals surface area contributed by atoms with Gasteiger partial charge in [-0.1, -0.05) is 0 Å². The molecule has 0 rings (SSSR count). The lowest BCUT2D eigenvalue weighted by atomic mass is 10.2. The first kappa shape index (κ1) is 26.7. The monoisotopic (exact) mass is 407 g/mol. The molecule has 28 heavy (non-hydrogen) atoms. The van der Waals surface area contributed by atoms with Gasteiger partial charge in [-0.15, -0.1) is 0 Å². The molecule has 0 unspecified atom stereocenters. The van der Waals surface area contributed by atoms with Crippen molar-refractivity contribution in [1.29, 1.82) is 0 Å². The highest BCUT2D eigenvalue weighted by atomic mass is 16.6. The van der Waals surface area contributed by atoms with Crippen LogP contribution in [0.15, 0.2) is 0 Å². The number of ether oxygens (including phenoxy) is 6. The number of carbonyl (C=O) groups excluding carboxylic acids is 2. The predicted molar refractivity (Wildman–Crippen MR) is 103 cm³/mol. The van der Waals surface area contributed by atoms with Crippen molar-refractivity contribution in [3.63, 3.8) is 0 Å². The Bertz CT molecular complexity index is 442. The first-order valence-electron chi connectivity index (χ1n) is 9.42. The highest BCUT2D eigenvalue weighted by Gasteiger charge is 2.19. The summed E-state index contributed by atoms with van der Waals surface area (Å²) in [5.74, 6) is -0.929. The maximum atomic E-state index is 11.7. The standard InChI is InChI=1S/C19H37NO8/c1-18(2,3)27-13-15(20)17(22)26-12-11-24-8-7-23-9-10-25-14-16(21)28-19(4,5)6/h15H,7-14,20H2,1-6H3/t15-/m0/s1. The lowest BCUT2D eigenvalue weighted by molar-refractivity contribution is -0.160. The predicted octanol–water partition coefficient (Wildman–Crippen LogP) is 1.06. The van der Waals surface area contributed by atoms with Gasteiger partial charge in [-0.2, -0.15) is 0 Å². The van der Waals surface area contributed by atoms with E-state index in [4.69, 9.17) is 34.2 Å². The van der Waals surface area contributed by atoms with E-state index in [9.17, 15) is 9.59 Å². The smallest absolute Gasteiger partial charge is 0.332 e. The average molecular weight is 408 g/mol. The minimum atomic E-state index is -0.816. The van der Waals surface area contributed by atoms with E-state index >= 15 is 0 Å². The van der Waals surface area contributed by atoms with E-state index in [2.05, 4.69) is 0 Å². The Morgan fingerprint density at radius 1 is 0.786 bits per heavy atom. The summed E-state index contributed by atoms with van der Waals surface area (Å²) in [7, 11) is 0. The fourth-order valence-corrected chi connectivity index (χ4v) is 1.68. The van der Waals surface area contributed by atoms with Crippen LogP contribution in [0.2, 0.25) is 0 Å². The van der Waals surface area contributed by atoms with Crippen LogP contribution in [-0.2, 0) is 38.0 Å². The van der Waals surface area contributed by atoms with Gasteiger partial charge in [0.05, 0.1) is 45.2 Å². The van der Waals surface area contributed by atoms with Crippen molar-refractivity contribution in [2.45, 2.75) is 58.8 Å². The molecule has 0 aliphatic heterocycles. The number of hydrogen-bond acceptors (Lipinski definition) is 9. The van der Waals surface area contributed by atoms with E-state index in [1.807, 2.05) is 20.8 Å². The minimum Gasteiger partial charge on any atom is -0.462 e. The van der Waals surface area contributed by atoms with Crippen molar-refractivity contribution in [2.75, 3.05) is 52.9 Å². The molecule has 9 nitrogen and oxygen atoms in total. The van der Waals surface area contributed by atoms with Crippen molar-refractivity contribution in [3.05, 3.63) is 0 Å². The average Bonchev–Trinajstić information content (AvgIpc) is 2.54. The van der Waals surface area contributed by atoms with Crippen LogP contribution in [-0.4, -0.2) is 82.0 Å². The molecule has 0 spiro atoms. The van der Waals surface area contributed by atoms with Crippen molar-refractivity contribution in [3.8, 4) is 0 Å². The summed E-state index contributed by atoms with van der Waals surface area (Å²) < 4.78 is 31.3. The topological polar surface area (TPSA) is 116 Å². The molecule has 0 fully saturated rings. The van der Waals surface area contributed by atoms with Gasteiger partial charge in [0.15, 0.2) is 0 Å². The first-order valence-corrected chi connectivity index (χ1v) is 9.42. The van der Waals surface area contributed by atoms with Crippen LogP contribution in [0, 0.1) is 0 Å². The molecule has 0 aliphatic carbocycles. The van der Waals surface area contributed by atoms with Gasteiger partial charge in [0, 0.05) is 0 Å². The number of nitrogens with two attached hydrogens (primary N) is 1. The molecular formula is C19H37NO8. The molecule has 0 aromatic heterocycles. The number of hydrogen-bond donors (Lipinski definition) is 1. The number of rotatable bonds is 14. The zero-order valence-corrected chi connectivity index (χ0v) is 18.1. The Balaban J connectivity index is 3.46. The fraction of sp³-hybridized carbons (Fsp3) is 0.895. The molecule has 0 bridgehead atoms. The largest absolute Gasteiger partial charge is 0.462 e. The molecule has 0 heterocycles. The second kappa shape index (κ2) is 13.8. The molecule has 0 aliphatic rings. The van der Waals surface area contributed by atoms with E-state index in [0.29, 0.717) is 19.8 Å². The normalized spacial score (nSPS) is 13.2. The minimum absolute atomic E-state index is 0.104. The van der Waals surface area contributed by atoms with E-state index in [0.717, 1.165) is 0 Å². The van der Waals surface area contributed by atoms with Crippen molar-refractivity contribution < 1.29 is 38.0 Å². The van der Waals surface area contributed by atoms with Crippen LogP contribution < -0.4 is 5.73 Å². The summed E-state index contributed by atoms with van der Waals surface area (Å²) in [6.07, 6.45) is 0. The molecule has 2 N–H and O–H groups in total. The third kappa shape index (κ3) is 18.1. The molecule has 0 aromatic rings. The maximum Gasteiger partial charge on any atom is 0.332 e. The third-order valence-corrected chi connectivity index (χ3v) is 2.85. The molecule has 0 aromatic carbocycles. The molecular weight excluding hydrogens is 370 g/mol. The third-order valence-electron chi connectivity index (χ3n) is 2.85. The zero-order chi connectivity index (χ0) is 21.6. The second-order valence-electron chi connectivity index (χ2n) is 8.06. The summed E-state index contributed by atoms with van der Waals surface area (Å²) in [6.45, 7) is 12.7. The van der Waals surface area contributed by atoms with Gasteiger partial charge >= 0.3 is 11.9 Å². The zero-order valence-electron chi connectivity index (χ0n) is 18.1. The van der Waals surface area contributed by atoms with Crippen LogP contribution in [0.25, 0.3) is 0 Å². The van der Waals surface area contributed by atoms with Crippen LogP contribution in [0.3, 0.4) is 0 Å². The first-order chi connectivity index (χ1) is 12.9. The van der Waals surface area contributed by atoms with Crippen LogP contribution in [0.4, 0.5) is 0 Å². The van der Waals surface area contributed by atoms with Crippen LogP contribution >= 0.6 is 0 Å². The number of esters is 2. The summed E-state index contributed by atoms with van der Waals surface area (Å²) in [4.78, 5) is 23.1. The Hall–Kier alpha value is -1.26. The lowest BCUT2D eigenvalue weighted by Crippen LogP contribution is -2.39. The Morgan fingerprint density at radius 2 is 1.29 bits per heavy atom. The van der Waals surface area contributed by atoms with E-state index in [-0.39, 0.29) is 38.6 Å². The molecule has 9 heteroatoms. The van der Waals surface area contributed by atoms with Crippen LogP contribution in [0.1, 0.15) is 41.5 Å². The molecule has 0 amide bonds. The molecule has 0 saturated heterocycles. The van der Waals surface area contributed by atoms with Crippen molar-refractivity contribution in [2.24, 2.45) is 5.73 Å². The Labute approximate surface area is 168 Å². The molecule has 1 atom stereocenters. The van der Waals surface area contributed by atoms with Gasteiger partial charge in [0.25, 0.3) is 0 Å². The summed E-state index contributed by atoms with van der Waals surface area (Å²) >= 11 is 0. The lowest BCUT2D eigenvalue weighted by Gasteiger charge is -2.21. The molecule has 0 saturated carbocycles. The summed E-state index contributed by atoms with van der Waals surface area (Å²) in [6, 6.07) is -0.816.